The van der Waals surface area contributed by atoms with E-state index in [9.17, 15) is 4.79 Å². The third-order valence-corrected chi connectivity index (χ3v) is 3.51. The molecule has 0 aliphatic rings. The van der Waals surface area contributed by atoms with Crippen molar-refractivity contribution in [1.82, 2.24) is 5.32 Å². The molecule has 1 atom stereocenters. The molecular formula is C16H24BrNO3. The zero-order valence-corrected chi connectivity index (χ0v) is 14.5. The van der Waals surface area contributed by atoms with Gasteiger partial charge in [0.05, 0.1) is 13.2 Å². The Hall–Kier alpha value is -1.23. The number of ether oxygens (including phenoxy) is 2. The Labute approximate surface area is 135 Å². The summed E-state index contributed by atoms with van der Waals surface area (Å²) in [6.45, 7) is 6.94. The Balaban J connectivity index is 2.77. The fraction of sp³-hybridized carbons (Fsp3) is 0.562. The first kappa shape index (κ1) is 17.8. The lowest BCUT2D eigenvalue weighted by Gasteiger charge is -2.15. The van der Waals surface area contributed by atoms with E-state index in [0.717, 1.165) is 18.2 Å². The predicted octanol–water partition coefficient (Wildman–Crippen LogP) is 3.78. The number of carbonyl (C=O) groups excluding carboxylic acids is 1. The third kappa shape index (κ3) is 5.96. The van der Waals surface area contributed by atoms with Gasteiger partial charge in [0.25, 0.3) is 5.91 Å². The van der Waals surface area contributed by atoms with Crippen LogP contribution in [0.15, 0.2) is 18.2 Å². The average molecular weight is 358 g/mol. The second-order valence-electron chi connectivity index (χ2n) is 4.73. The van der Waals surface area contributed by atoms with Crippen molar-refractivity contribution in [2.24, 2.45) is 0 Å². The van der Waals surface area contributed by atoms with Crippen molar-refractivity contribution in [3.05, 3.63) is 23.8 Å². The highest BCUT2D eigenvalue weighted by Crippen LogP contribution is 2.28. The largest absolute Gasteiger partial charge is 0.490 e. The lowest BCUT2D eigenvalue weighted by molar-refractivity contribution is 0.0938. The van der Waals surface area contributed by atoms with Crippen molar-refractivity contribution in [2.75, 3.05) is 18.5 Å². The Morgan fingerprint density at radius 1 is 1.24 bits per heavy atom. The molecule has 1 unspecified atom stereocenters. The zero-order valence-electron chi connectivity index (χ0n) is 12.9. The normalized spacial score (nSPS) is 11.8. The van der Waals surface area contributed by atoms with Gasteiger partial charge in [-0.15, -0.1) is 0 Å². The predicted molar refractivity (Wildman–Crippen MR) is 88.7 cm³/mol. The monoisotopic (exact) mass is 357 g/mol. The minimum Gasteiger partial charge on any atom is -0.490 e. The molecule has 1 amide bonds. The van der Waals surface area contributed by atoms with Crippen molar-refractivity contribution in [1.29, 1.82) is 0 Å². The van der Waals surface area contributed by atoms with Crippen LogP contribution in [-0.4, -0.2) is 30.5 Å². The van der Waals surface area contributed by atoms with E-state index < -0.39 is 0 Å². The fourth-order valence-corrected chi connectivity index (χ4v) is 2.28. The van der Waals surface area contributed by atoms with E-state index in [2.05, 4.69) is 21.2 Å². The average Bonchev–Trinajstić information content (AvgIpc) is 2.47. The molecule has 0 aliphatic heterocycles. The Bertz CT molecular complexity index is 451. The zero-order chi connectivity index (χ0) is 15.7. The van der Waals surface area contributed by atoms with Crippen molar-refractivity contribution in [3.8, 4) is 11.5 Å². The van der Waals surface area contributed by atoms with Crippen molar-refractivity contribution >= 4 is 21.8 Å². The van der Waals surface area contributed by atoms with E-state index in [-0.39, 0.29) is 11.9 Å². The van der Waals surface area contributed by atoms with Crippen LogP contribution in [0.2, 0.25) is 0 Å². The van der Waals surface area contributed by atoms with Crippen LogP contribution in [0.5, 0.6) is 11.5 Å². The minimum atomic E-state index is -0.0823. The van der Waals surface area contributed by atoms with Gasteiger partial charge in [-0.25, -0.2) is 0 Å². The molecule has 0 saturated carbocycles. The minimum absolute atomic E-state index is 0.0823. The van der Waals surface area contributed by atoms with E-state index >= 15 is 0 Å². The first-order chi connectivity index (χ1) is 10.1. The second kappa shape index (κ2) is 9.66. The molecule has 0 aromatic heterocycles. The van der Waals surface area contributed by atoms with Crippen molar-refractivity contribution < 1.29 is 14.3 Å². The van der Waals surface area contributed by atoms with Crippen LogP contribution in [0.3, 0.4) is 0 Å². The van der Waals surface area contributed by atoms with Crippen molar-refractivity contribution in [2.45, 2.75) is 39.7 Å². The lowest BCUT2D eigenvalue weighted by atomic mass is 10.1. The lowest BCUT2D eigenvalue weighted by Crippen LogP contribution is -2.32. The molecule has 0 bridgehead atoms. The van der Waals surface area contributed by atoms with Crippen LogP contribution >= 0.6 is 15.9 Å². The summed E-state index contributed by atoms with van der Waals surface area (Å²) in [6, 6.07) is 5.44. The first-order valence-corrected chi connectivity index (χ1v) is 8.50. The Morgan fingerprint density at radius 2 is 1.90 bits per heavy atom. The molecule has 1 aromatic carbocycles. The number of amides is 1. The molecule has 5 heteroatoms. The number of nitrogens with one attached hydrogen (secondary N) is 1. The number of alkyl halides is 1. The summed E-state index contributed by atoms with van der Waals surface area (Å²) < 4.78 is 11.0. The van der Waals surface area contributed by atoms with Gasteiger partial charge in [-0.05, 0) is 51.8 Å². The van der Waals surface area contributed by atoms with Crippen LogP contribution in [-0.2, 0) is 0 Å². The van der Waals surface area contributed by atoms with Gasteiger partial charge in [0, 0.05) is 16.9 Å². The van der Waals surface area contributed by atoms with Gasteiger partial charge < -0.3 is 14.8 Å². The topological polar surface area (TPSA) is 47.6 Å². The van der Waals surface area contributed by atoms with Gasteiger partial charge in [-0.3, -0.25) is 4.79 Å². The van der Waals surface area contributed by atoms with Gasteiger partial charge in [0.15, 0.2) is 11.5 Å². The number of carbonyl (C=O) groups is 1. The van der Waals surface area contributed by atoms with Gasteiger partial charge >= 0.3 is 0 Å². The fourth-order valence-electron chi connectivity index (χ4n) is 1.95. The quantitative estimate of drug-likeness (QED) is 0.684. The molecule has 118 valence electrons. The molecule has 0 saturated heterocycles. The molecule has 1 rings (SSSR count). The summed E-state index contributed by atoms with van der Waals surface area (Å²) in [7, 11) is 0. The maximum absolute atomic E-state index is 12.2. The third-order valence-electron chi connectivity index (χ3n) is 2.95. The van der Waals surface area contributed by atoms with Crippen LogP contribution in [0.1, 0.15) is 44.0 Å². The summed E-state index contributed by atoms with van der Waals surface area (Å²) in [5.41, 5.74) is 0.590. The highest BCUT2D eigenvalue weighted by molar-refractivity contribution is 9.09. The molecule has 21 heavy (non-hydrogen) atoms. The van der Waals surface area contributed by atoms with E-state index in [1.807, 2.05) is 20.8 Å². The molecule has 4 nitrogen and oxygen atoms in total. The summed E-state index contributed by atoms with van der Waals surface area (Å²) in [5, 5.41) is 3.94. The van der Waals surface area contributed by atoms with E-state index in [4.69, 9.17) is 9.47 Å². The summed E-state index contributed by atoms with van der Waals surface area (Å²) in [4.78, 5) is 12.2. The molecule has 1 aromatic rings. The second-order valence-corrected chi connectivity index (χ2v) is 5.53. The van der Waals surface area contributed by atoms with Crippen LogP contribution < -0.4 is 14.8 Å². The highest BCUT2D eigenvalue weighted by Gasteiger charge is 2.13. The Morgan fingerprint density at radius 3 is 2.52 bits per heavy atom. The van der Waals surface area contributed by atoms with Gasteiger partial charge in [0.2, 0.25) is 0 Å². The number of benzene rings is 1. The molecule has 0 fully saturated rings. The molecule has 0 heterocycles. The van der Waals surface area contributed by atoms with Crippen molar-refractivity contribution in [3.63, 3.8) is 0 Å². The van der Waals surface area contributed by atoms with Gasteiger partial charge in [-0.1, -0.05) is 15.9 Å². The molecule has 0 aliphatic carbocycles. The number of hydrogen-bond acceptors (Lipinski definition) is 3. The summed E-state index contributed by atoms with van der Waals surface area (Å²) in [5.74, 6) is 1.20. The van der Waals surface area contributed by atoms with Crippen LogP contribution in [0.4, 0.5) is 0 Å². The molecule has 0 spiro atoms. The van der Waals surface area contributed by atoms with E-state index in [1.54, 1.807) is 18.2 Å². The number of hydrogen-bond donors (Lipinski definition) is 1. The van der Waals surface area contributed by atoms with E-state index in [0.29, 0.717) is 30.3 Å². The Kier molecular flexibility index (Phi) is 8.20. The highest BCUT2D eigenvalue weighted by atomic mass is 79.9. The molecular weight excluding hydrogens is 334 g/mol. The maximum atomic E-state index is 12.2. The summed E-state index contributed by atoms with van der Waals surface area (Å²) in [6.07, 6.45) is 1.99. The SMILES string of the molecule is CCOc1ccc(C(=O)NC(C)CCCBr)cc1OCC. The number of halogens is 1. The number of rotatable bonds is 9. The first-order valence-electron chi connectivity index (χ1n) is 7.38. The molecule has 1 N–H and O–H groups in total. The maximum Gasteiger partial charge on any atom is 0.251 e. The standard InChI is InChI=1S/C16H24BrNO3/c1-4-20-14-9-8-13(11-15(14)21-5-2)16(19)18-12(3)7-6-10-17/h8-9,11-12H,4-7,10H2,1-3H3,(H,18,19). The summed E-state index contributed by atoms with van der Waals surface area (Å²) >= 11 is 3.40. The van der Waals surface area contributed by atoms with E-state index in [1.165, 1.54) is 0 Å². The van der Waals surface area contributed by atoms with Crippen LogP contribution in [0, 0.1) is 0 Å². The van der Waals surface area contributed by atoms with Crippen LogP contribution in [0.25, 0.3) is 0 Å². The van der Waals surface area contributed by atoms with Gasteiger partial charge in [0.1, 0.15) is 0 Å². The molecule has 0 radical (unpaired) electrons. The smallest absolute Gasteiger partial charge is 0.251 e. The van der Waals surface area contributed by atoms with Gasteiger partial charge in [-0.2, -0.15) is 0 Å².